The van der Waals surface area contributed by atoms with Crippen molar-refractivity contribution in [3.63, 3.8) is 0 Å². The SMILES string of the molecule is [I][Pd-2]([I])([I])[I]. The van der Waals surface area contributed by atoms with E-state index in [1.54, 1.807) is 0 Å². The summed E-state index contributed by atoms with van der Waals surface area (Å²) in [5.74, 6) is 0. The van der Waals surface area contributed by atoms with Crippen LogP contribution in [0.1, 0.15) is 0 Å². The first-order chi connectivity index (χ1) is 2.00. The van der Waals surface area contributed by atoms with E-state index in [-0.39, 0.29) is 0 Å². The molecule has 0 N–H and O–H groups in total. The molecule has 0 aromatic carbocycles. The molecule has 0 atom stereocenters. The van der Waals surface area contributed by atoms with E-state index in [1.807, 2.05) is 0 Å². The molecule has 0 bridgehead atoms. The average Bonchev–Trinajstić information content (AvgIpc) is 0.722. The van der Waals surface area contributed by atoms with E-state index in [2.05, 4.69) is 78.1 Å². The second-order valence-corrected chi connectivity index (χ2v) is 72.2. The van der Waals surface area contributed by atoms with Gasteiger partial charge in [-0.05, 0) is 0 Å². The molecule has 5 heteroatoms. The summed E-state index contributed by atoms with van der Waals surface area (Å²) in [6.45, 7) is 0. The molecule has 0 aromatic heterocycles. The molecule has 0 spiro atoms. The van der Waals surface area contributed by atoms with Crippen LogP contribution in [0.5, 0.6) is 0 Å². The molecule has 5 heavy (non-hydrogen) atoms. The van der Waals surface area contributed by atoms with Crippen LogP contribution in [0.4, 0.5) is 0 Å². The topological polar surface area (TPSA) is 0 Å². The molecule has 0 saturated heterocycles. The fourth-order valence-corrected chi connectivity index (χ4v) is 0. The first-order valence-corrected chi connectivity index (χ1v) is 19.0. The molecule has 0 aliphatic heterocycles. The van der Waals surface area contributed by atoms with Crippen LogP contribution in [0, 0.1) is 0 Å². The van der Waals surface area contributed by atoms with Gasteiger partial charge in [0.2, 0.25) is 0 Å². The van der Waals surface area contributed by atoms with E-state index in [0.717, 1.165) is 0 Å². The van der Waals surface area contributed by atoms with Crippen LogP contribution in [-0.2, 0) is 1.08 Å². The van der Waals surface area contributed by atoms with Crippen molar-refractivity contribution in [2.75, 3.05) is 0 Å². The van der Waals surface area contributed by atoms with Crippen LogP contribution in [0.25, 0.3) is 0 Å². The van der Waals surface area contributed by atoms with Crippen molar-refractivity contribution in [2.24, 2.45) is 0 Å². The van der Waals surface area contributed by atoms with Crippen LogP contribution in [0.15, 0.2) is 0 Å². The molecule has 0 nitrogen and oxygen atoms in total. The third kappa shape index (κ3) is 18.4. The summed E-state index contributed by atoms with van der Waals surface area (Å²) in [7, 11) is 0. The van der Waals surface area contributed by atoms with Gasteiger partial charge in [0.05, 0.1) is 0 Å². The van der Waals surface area contributed by atoms with Crippen LogP contribution in [0.3, 0.4) is 0 Å². The Kier molecular flexibility index (Phi) is 6.14. The van der Waals surface area contributed by atoms with E-state index in [0.29, 0.717) is 0 Å². The predicted octanol–water partition coefficient (Wildman–Crippen LogP) is 3.54. The van der Waals surface area contributed by atoms with E-state index >= 15 is 0 Å². The van der Waals surface area contributed by atoms with E-state index in [9.17, 15) is 0 Å². The second-order valence-electron chi connectivity index (χ2n) is 0.271. The van der Waals surface area contributed by atoms with Gasteiger partial charge in [0.15, 0.2) is 0 Å². The Bertz CT molecular complexity index is 19.1. The Balaban J connectivity index is 3.02. The molecule has 0 rings (SSSR count). The Morgan fingerprint density at radius 1 is 0.800 bits per heavy atom. The van der Waals surface area contributed by atoms with Crippen LogP contribution in [-0.4, -0.2) is 0 Å². The molecule has 0 radical (unpaired) electrons. The van der Waals surface area contributed by atoms with Crippen LogP contribution < -0.4 is 0 Å². The quantitative estimate of drug-likeness (QED) is 0.290. The molecule has 0 heterocycles. The van der Waals surface area contributed by atoms with E-state index in [4.69, 9.17) is 0 Å². The molecule has 0 saturated carbocycles. The van der Waals surface area contributed by atoms with Crippen molar-refractivity contribution in [1.29, 1.82) is 0 Å². The van der Waals surface area contributed by atoms with Crippen LogP contribution in [0.2, 0.25) is 0 Å². The summed E-state index contributed by atoms with van der Waals surface area (Å²) in [5.41, 5.74) is 0. The molecular formula is I4Pd-2. The molecule has 0 aliphatic carbocycles. The molecule has 40 valence electrons. The van der Waals surface area contributed by atoms with Gasteiger partial charge in [-0.2, -0.15) is 0 Å². The molecular weight excluding hydrogens is 614 g/mol. The first-order valence-electron chi connectivity index (χ1n) is 0.478. The van der Waals surface area contributed by atoms with Gasteiger partial charge in [-0.1, -0.05) is 0 Å². The van der Waals surface area contributed by atoms with Gasteiger partial charge in [0.25, 0.3) is 0 Å². The van der Waals surface area contributed by atoms with Crippen molar-refractivity contribution >= 4 is 78.1 Å². The van der Waals surface area contributed by atoms with E-state index < -0.39 is 1.08 Å². The summed E-state index contributed by atoms with van der Waals surface area (Å²) >= 11 is 9.95. The van der Waals surface area contributed by atoms with Gasteiger partial charge in [-0.15, -0.1) is 0 Å². The maximum atomic E-state index is 2.49. The minimum atomic E-state index is -0.820. The Hall–Kier alpha value is 3.58. The fourth-order valence-electron chi connectivity index (χ4n) is 0. The summed E-state index contributed by atoms with van der Waals surface area (Å²) in [5, 5.41) is 0. The number of hydrogen-bond donors (Lipinski definition) is 0. The van der Waals surface area contributed by atoms with Gasteiger partial charge in [-0.3, -0.25) is 0 Å². The van der Waals surface area contributed by atoms with Crippen molar-refractivity contribution in [3.05, 3.63) is 0 Å². The summed E-state index contributed by atoms with van der Waals surface area (Å²) < 4.78 is -0.820. The van der Waals surface area contributed by atoms with Crippen LogP contribution >= 0.6 is 78.1 Å². The Morgan fingerprint density at radius 2 is 0.800 bits per heavy atom. The van der Waals surface area contributed by atoms with Crippen molar-refractivity contribution in [3.8, 4) is 0 Å². The Morgan fingerprint density at radius 3 is 0.800 bits per heavy atom. The molecule has 0 aliphatic rings. The molecule has 0 amide bonds. The second kappa shape index (κ2) is 3.58. The average molecular weight is 614 g/mol. The summed E-state index contributed by atoms with van der Waals surface area (Å²) in [6, 6.07) is 0. The zero-order chi connectivity index (χ0) is 4.50. The molecule has 0 fully saturated rings. The number of halogens is 4. The Labute approximate surface area is 76.5 Å². The van der Waals surface area contributed by atoms with E-state index in [1.165, 1.54) is 0 Å². The maximum absolute atomic E-state index is 2.49. The fraction of sp³-hybridized carbons (Fsp3) is 0. The van der Waals surface area contributed by atoms with Gasteiger partial charge in [-0.25, -0.2) is 0 Å². The first kappa shape index (κ1) is 8.58. The monoisotopic (exact) mass is 614 g/mol. The van der Waals surface area contributed by atoms with Crippen molar-refractivity contribution in [2.45, 2.75) is 0 Å². The predicted molar refractivity (Wildman–Crippen MR) is 56.1 cm³/mol. The van der Waals surface area contributed by atoms with Gasteiger partial charge in [0.1, 0.15) is 0 Å². The van der Waals surface area contributed by atoms with Crippen molar-refractivity contribution in [1.82, 2.24) is 0 Å². The normalized spacial score (nSPS) is 15.2. The standard InChI is InChI=1S/4HI.Pd/h4*1H;/q;;;;+2/p-4. The number of rotatable bonds is 0. The van der Waals surface area contributed by atoms with Crippen molar-refractivity contribution < 1.29 is 1.08 Å². The van der Waals surface area contributed by atoms with Gasteiger partial charge >= 0.3 is 79.1 Å². The molecule has 0 aromatic rings. The number of hydrogen-bond acceptors (Lipinski definition) is 0. The minimum absolute atomic E-state index is 0.820. The third-order valence-corrected chi connectivity index (χ3v) is 0. The summed E-state index contributed by atoms with van der Waals surface area (Å²) in [4.78, 5) is 0. The zero-order valence-electron chi connectivity index (χ0n) is 1.83. The molecule has 0 unspecified atom stereocenters. The summed E-state index contributed by atoms with van der Waals surface area (Å²) in [6.07, 6.45) is 0. The van der Waals surface area contributed by atoms with Gasteiger partial charge < -0.3 is 0 Å². The third-order valence-electron chi connectivity index (χ3n) is 0. The zero-order valence-corrected chi connectivity index (χ0v) is 12.0. The van der Waals surface area contributed by atoms with Gasteiger partial charge in [0, 0.05) is 0 Å².